The number of rotatable bonds is 4. The van der Waals surface area contributed by atoms with Crippen LogP contribution in [-0.4, -0.2) is 21.0 Å². The number of nitrogens with zero attached hydrogens (tertiary/aromatic N) is 2. The number of aryl methyl sites for hydroxylation is 1. The van der Waals surface area contributed by atoms with Crippen molar-refractivity contribution in [3.63, 3.8) is 0 Å². The van der Waals surface area contributed by atoms with E-state index in [0.717, 1.165) is 9.88 Å². The molecule has 4 N–H and O–H groups in total. The second-order valence-corrected chi connectivity index (χ2v) is 4.96. The number of carbonyl (C=O) groups is 1. The molecule has 2 rings (SSSR count). The average molecular weight is 264 g/mol. The topological polar surface area (TPSA) is 101 Å². The predicted molar refractivity (Wildman–Crippen MR) is 69.8 cm³/mol. The summed E-state index contributed by atoms with van der Waals surface area (Å²) in [5.41, 5.74) is 5.91. The molecule has 6 nitrogen and oxygen atoms in total. The maximum absolute atomic E-state index is 10.9. The zero-order valence-electron chi connectivity index (χ0n) is 9.67. The molecule has 0 saturated carbocycles. The van der Waals surface area contributed by atoms with E-state index in [1.165, 1.54) is 12.3 Å². The van der Waals surface area contributed by atoms with Crippen LogP contribution >= 0.6 is 11.3 Å². The van der Waals surface area contributed by atoms with Crippen LogP contribution in [0.4, 0.5) is 11.5 Å². The lowest BCUT2D eigenvalue weighted by Crippen LogP contribution is -2.09. The number of nitrogens with two attached hydrogens (primary N) is 1. The number of hydrogen-bond donors (Lipinski definition) is 3. The van der Waals surface area contributed by atoms with Gasteiger partial charge in [0, 0.05) is 17.3 Å². The quantitative estimate of drug-likeness (QED) is 0.777. The third-order valence-electron chi connectivity index (χ3n) is 2.30. The smallest absolute Gasteiger partial charge is 0.337 e. The van der Waals surface area contributed by atoms with Gasteiger partial charge in [-0.05, 0) is 13.0 Å². The van der Waals surface area contributed by atoms with Crippen LogP contribution in [0, 0.1) is 6.92 Å². The molecule has 0 aromatic carbocycles. The van der Waals surface area contributed by atoms with Crippen molar-refractivity contribution in [2.24, 2.45) is 0 Å². The minimum absolute atomic E-state index is 0.0443. The summed E-state index contributed by atoms with van der Waals surface area (Å²) in [6, 6.07) is 1.37. The molecule has 0 saturated heterocycles. The monoisotopic (exact) mass is 264 g/mol. The molecule has 0 spiro atoms. The number of anilines is 2. The molecule has 0 atom stereocenters. The Balaban J connectivity index is 2.14. The molecule has 2 aromatic rings. The fourth-order valence-electron chi connectivity index (χ4n) is 1.44. The zero-order chi connectivity index (χ0) is 13.1. The van der Waals surface area contributed by atoms with Gasteiger partial charge in [-0.2, -0.15) is 0 Å². The molecule has 94 valence electrons. The Morgan fingerprint density at radius 1 is 1.56 bits per heavy atom. The molecule has 0 bridgehead atoms. The van der Waals surface area contributed by atoms with Gasteiger partial charge in [0.1, 0.15) is 10.8 Å². The van der Waals surface area contributed by atoms with Crippen LogP contribution in [0.2, 0.25) is 0 Å². The van der Waals surface area contributed by atoms with Crippen molar-refractivity contribution in [2.45, 2.75) is 13.5 Å². The summed E-state index contributed by atoms with van der Waals surface area (Å²) in [6.07, 6.45) is 3.20. The highest BCUT2D eigenvalue weighted by atomic mass is 32.1. The first-order valence-corrected chi connectivity index (χ1v) is 6.02. The molecule has 0 aliphatic rings. The average Bonchev–Trinajstić information content (AvgIpc) is 2.73. The Bertz CT molecular complexity index is 582. The minimum atomic E-state index is -1.07. The van der Waals surface area contributed by atoms with Gasteiger partial charge in [-0.15, -0.1) is 11.3 Å². The number of pyridine rings is 1. The highest BCUT2D eigenvalue weighted by molar-refractivity contribution is 7.11. The number of nitrogens with one attached hydrogen (secondary N) is 1. The minimum Gasteiger partial charge on any atom is -0.478 e. The number of carboxylic acids is 1. The molecular weight excluding hydrogens is 252 g/mol. The van der Waals surface area contributed by atoms with Crippen LogP contribution in [0.1, 0.15) is 20.2 Å². The molecule has 2 heterocycles. The molecular formula is C11H12N4O2S. The Morgan fingerprint density at radius 3 is 2.94 bits per heavy atom. The van der Waals surface area contributed by atoms with E-state index in [2.05, 4.69) is 15.3 Å². The fraction of sp³-hybridized carbons (Fsp3) is 0.182. The summed E-state index contributed by atoms with van der Waals surface area (Å²) in [5.74, 6) is -0.703. The molecule has 7 heteroatoms. The summed E-state index contributed by atoms with van der Waals surface area (Å²) in [7, 11) is 0. The van der Waals surface area contributed by atoms with Crippen molar-refractivity contribution in [1.29, 1.82) is 0 Å². The maximum atomic E-state index is 10.9. The van der Waals surface area contributed by atoms with Gasteiger partial charge in [0.2, 0.25) is 0 Å². The molecule has 0 fully saturated rings. The summed E-state index contributed by atoms with van der Waals surface area (Å²) in [5, 5.41) is 12.8. The second kappa shape index (κ2) is 5.01. The van der Waals surface area contributed by atoms with Gasteiger partial charge in [0.15, 0.2) is 0 Å². The Morgan fingerprint density at radius 2 is 2.33 bits per heavy atom. The van der Waals surface area contributed by atoms with E-state index in [1.807, 2.05) is 6.92 Å². The van der Waals surface area contributed by atoms with Gasteiger partial charge < -0.3 is 16.2 Å². The molecule has 0 aliphatic carbocycles. The van der Waals surface area contributed by atoms with Crippen molar-refractivity contribution in [3.05, 3.63) is 33.9 Å². The van der Waals surface area contributed by atoms with Gasteiger partial charge in [-0.1, -0.05) is 0 Å². The van der Waals surface area contributed by atoms with E-state index in [4.69, 9.17) is 10.8 Å². The van der Waals surface area contributed by atoms with Crippen LogP contribution in [-0.2, 0) is 6.54 Å². The predicted octanol–water partition coefficient (Wildman–Crippen LogP) is 1.74. The van der Waals surface area contributed by atoms with Gasteiger partial charge in [-0.25, -0.2) is 14.8 Å². The van der Waals surface area contributed by atoms with Crippen molar-refractivity contribution in [3.8, 4) is 0 Å². The van der Waals surface area contributed by atoms with Gasteiger partial charge >= 0.3 is 5.97 Å². The van der Waals surface area contributed by atoms with Gasteiger partial charge in [0.25, 0.3) is 0 Å². The van der Waals surface area contributed by atoms with Gasteiger partial charge in [0.05, 0.1) is 17.8 Å². The Hall–Kier alpha value is -2.15. The van der Waals surface area contributed by atoms with Crippen molar-refractivity contribution in [2.75, 3.05) is 11.1 Å². The van der Waals surface area contributed by atoms with Crippen LogP contribution in [0.3, 0.4) is 0 Å². The number of nitrogen functional groups attached to an aromatic ring is 1. The van der Waals surface area contributed by atoms with E-state index in [0.29, 0.717) is 12.4 Å². The van der Waals surface area contributed by atoms with E-state index < -0.39 is 5.97 Å². The van der Waals surface area contributed by atoms with E-state index >= 15 is 0 Å². The van der Waals surface area contributed by atoms with E-state index in [-0.39, 0.29) is 11.3 Å². The van der Waals surface area contributed by atoms with Crippen molar-refractivity contribution < 1.29 is 9.90 Å². The molecule has 0 aliphatic heterocycles. The number of thiazole rings is 1. The third-order valence-corrected chi connectivity index (χ3v) is 3.21. The summed E-state index contributed by atoms with van der Waals surface area (Å²) in [4.78, 5) is 20.2. The number of aromatic carboxylic acids is 1. The highest BCUT2D eigenvalue weighted by Crippen LogP contribution is 2.21. The first kappa shape index (κ1) is 12.3. The van der Waals surface area contributed by atoms with Crippen LogP contribution in [0.15, 0.2) is 18.5 Å². The lowest BCUT2D eigenvalue weighted by molar-refractivity contribution is 0.0698. The zero-order valence-corrected chi connectivity index (χ0v) is 10.5. The summed E-state index contributed by atoms with van der Waals surface area (Å²) >= 11 is 1.56. The van der Waals surface area contributed by atoms with E-state index in [9.17, 15) is 4.79 Å². The standard InChI is InChI=1S/C11H12N4O2S/c1-6-4-14-8(18-6)5-15-10-9(12)7(11(16)17)2-3-13-10/h2-4H,5,12H2,1H3,(H,13,15)(H,16,17). The number of carboxylic acid groups (broad SMARTS) is 1. The normalized spacial score (nSPS) is 10.3. The first-order valence-electron chi connectivity index (χ1n) is 5.21. The fourth-order valence-corrected chi connectivity index (χ4v) is 2.17. The summed E-state index contributed by atoms with van der Waals surface area (Å²) < 4.78 is 0. The van der Waals surface area contributed by atoms with Crippen LogP contribution in [0.5, 0.6) is 0 Å². The lowest BCUT2D eigenvalue weighted by Gasteiger charge is -2.08. The van der Waals surface area contributed by atoms with Crippen LogP contribution in [0.25, 0.3) is 0 Å². The van der Waals surface area contributed by atoms with Crippen molar-refractivity contribution >= 4 is 28.8 Å². The molecule has 0 unspecified atom stereocenters. The third kappa shape index (κ3) is 2.57. The molecule has 2 aromatic heterocycles. The number of aromatic nitrogens is 2. The number of hydrogen-bond acceptors (Lipinski definition) is 6. The van der Waals surface area contributed by atoms with Gasteiger partial charge in [-0.3, -0.25) is 0 Å². The highest BCUT2D eigenvalue weighted by Gasteiger charge is 2.12. The lowest BCUT2D eigenvalue weighted by atomic mass is 10.2. The maximum Gasteiger partial charge on any atom is 0.337 e. The second-order valence-electron chi connectivity index (χ2n) is 3.64. The molecule has 0 amide bonds. The molecule has 18 heavy (non-hydrogen) atoms. The van der Waals surface area contributed by atoms with Crippen molar-refractivity contribution in [1.82, 2.24) is 9.97 Å². The largest absolute Gasteiger partial charge is 0.478 e. The Labute approximate surface area is 108 Å². The molecule has 0 radical (unpaired) electrons. The Kier molecular flexibility index (Phi) is 3.42. The van der Waals surface area contributed by atoms with Crippen LogP contribution < -0.4 is 11.1 Å². The van der Waals surface area contributed by atoms with E-state index in [1.54, 1.807) is 17.5 Å². The summed E-state index contributed by atoms with van der Waals surface area (Å²) in [6.45, 7) is 2.44. The first-order chi connectivity index (χ1) is 8.58. The SMILES string of the molecule is Cc1cnc(CNc2nccc(C(=O)O)c2N)s1.